The molecule has 3 nitrogen and oxygen atoms in total. The lowest BCUT2D eigenvalue weighted by atomic mass is 9.93. The summed E-state index contributed by atoms with van der Waals surface area (Å²) in [6.07, 6.45) is 0. The van der Waals surface area contributed by atoms with E-state index in [0.29, 0.717) is 0 Å². The van der Waals surface area contributed by atoms with E-state index >= 15 is 0 Å². The van der Waals surface area contributed by atoms with E-state index in [2.05, 4.69) is 60.8 Å². The van der Waals surface area contributed by atoms with Gasteiger partial charge in [0, 0.05) is 26.1 Å². The van der Waals surface area contributed by atoms with Crippen molar-refractivity contribution in [2.45, 2.75) is 24.8 Å². The first-order valence-corrected chi connectivity index (χ1v) is 12.3. The summed E-state index contributed by atoms with van der Waals surface area (Å²) in [7, 11) is 0.304. The molecule has 30 heavy (non-hydrogen) atoms. The van der Waals surface area contributed by atoms with Gasteiger partial charge in [-0.25, -0.2) is 8.93 Å². The van der Waals surface area contributed by atoms with E-state index in [0.717, 1.165) is 52.3 Å². The van der Waals surface area contributed by atoms with Gasteiger partial charge in [-0.15, -0.1) is 0 Å². The number of hydrogen-bond donors (Lipinski definition) is 1. The first-order chi connectivity index (χ1) is 14.4. The van der Waals surface area contributed by atoms with Crippen LogP contribution < -0.4 is 9.46 Å². The third-order valence-electron chi connectivity index (χ3n) is 4.90. The molecule has 6 heteroatoms. The molecule has 0 aromatic heterocycles. The zero-order valence-corrected chi connectivity index (χ0v) is 20.8. The molecule has 4 aromatic rings. The Labute approximate surface area is 195 Å². The van der Waals surface area contributed by atoms with Gasteiger partial charge in [0.05, 0.1) is 12.0 Å². The summed E-state index contributed by atoms with van der Waals surface area (Å²) in [6.45, 7) is 3.98. The first-order valence-electron chi connectivity index (χ1n) is 9.56. The van der Waals surface area contributed by atoms with E-state index < -0.39 is 11.0 Å². The summed E-state index contributed by atoms with van der Waals surface area (Å²) in [4.78, 5) is 0.743. The Kier molecular flexibility index (Phi) is 6.30. The lowest BCUT2D eigenvalue weighted by Crippen LogP contribution is -2.25. The lowest BCUT2D eigenvalue weighted by molar-refractivity contribution is 0.417. The highest BCUT2D eigenvalue weighted by Gasteiger charge is 2.21. The standard InChI is InChI=1S/C24H21Br2NO2S/c1-14(2)27-30(28)22-11-5-16-13-18(26)7-9-20(16)24(22)23-19-8-6-17(25)12-15(19)4-10-21(23)29-3/h4-14,27H,1-3H3. The van der Waals surface area contributed by atoms with Gasteiger partial charge in [0.25, 0.3) is 0 Å². The SMILES string of the molecule is COc1ccc2cc(Br)ccc2c1-c1c(S(=O)NC(C)C)ccc2cc(Br)ccc12. The molecular weight excluding hydrogens is 526 g/mol. The summed E-state index contributed by atoms with van der Waals surface area (Å²) in [5.41, 5.74) is 1.88. The van der Waals surface area contributed by atoms with E-state index in [1.807, 2.05) is 50.2 Å². The van der Waals surface area contributed by atoms with Crippen molar-refractivity contribution in [1.82, 2.24) is 4.72 Å². The fourth-order valence-corrected chi connectivity index (χ4v) is 5.58. The summed E-state index contributed by atoms with van der Waals surface area (Å²) >= 11 is 7.13. The molecule has 0 aliphatic heterocycles. The third kappa shape index (κ3) is 4.06. The quantitative estimate of drug-likeness (QED) is 0.287. The lowest BCUT2D eigenvalue weighted by Gasteiger charge is -2.19. The van der Waals surface area contributed by atoms with Gasteiger partial charge in [-0.2, -0.15) is 0 Å². The van der Waals surface area contributed by atoms with Gasteiger partial charge in [0.15, 0.2) is 0 Å². The van der Waals surface area contributed by atoms with Gasteiger partial charge in [-0.1, -0.05) is 56.1 Å². The van der Waals surface area contributed by atoms with Gasteiger partial charge in [0.2, 0.25) is 0 Å². The molecule has 0 spiro atoms. The predicted octanol–water partition coefficient (Wildman–Crippen LogP) is 7.21. The number of nitrogens with one attached hydrogen (secondary N) is 1. The molecule has 0 bridgehead atoms. The summed E-state index contributed by atoms with van der Waals surface area (Å²) in [5, 5.41) is 4.24. The summed E-state index contributed by atoms with van der Waals surface area (Å²) in [6, 6.07) is 20.4. The highest BCUT2D eigenvalue weighted by molar-refractivity contribution is 9.10. The van der Waals surface area contributed by atoms with Crippen LogP contribution in [0.3, 0.4) is 0 Å². The van der Waals surface area contributed by atoms with Gasteiger partial charge in [0.1, 0.15) is 16.7 Å². The number of halogens is 2. The van der Waals surface area contributed by atoms with Crippen molar-refractivity contribution in [3.63, 3.8) is 0 Å². The number of hydrogen-bond acceptors (Lipinski definition) is 2. The molecule has 1 N–H and O–H groups in total. The fraction of sp³-hybridized carbons (Fsp3) is 0.167. The van der Waals surface area contributed by atoms with Crippen molar-refractivity contribution >= 4 is 64.4 Å². The van der Waals surface area contributed by atoms with Crippen molar-refractivity contribution < 1.29 is 8.95 Å². The fourth-order valence-electron chi connectivity index (χ4n) is 3.68. The molecule has 0 aliphatic rings. The Bertz CT molecular complexity index is 1290. The third-order valence-corrected chi connectivity index (χ3v) is 7.31. The smallest absolute Gasteiger partial charge is 0.127 e. The van der Waals surface area contributed by atoms with E-state index in [9.17, 15) is 4.21 Å². The van der Waals surface area contributed by atoms with Crippen molar-refractivity contribution in [3.8, 4) is 16.9 Å². The first kappa shape index (κ1) is 21.5. The van der Waals surface area contributed by atoms with Gasteiger partial charge >= 0.3 is 0 Å². The second kappa shape index (κ2) is 8.79. The van der Waals surface area contributed by atoms with Crippen LogP contribution in [-0.4, -0.2) is 17.4 Å². The number of methoxy groups -OCH3 is 1. The number of fused-ring (bicyclic) bond motifs is 2. The Morgan fingerprint density at radius 2 is 1.40 bits per heavy atom. The molecule has 0 saturated carbocycles. The highest BCUT2D eigenvalue weighted by Crippen LogP contribution is 2.44. The molecule has 1 unspecified atom stereocenters. The molecule has 0 aliphatic carbocycles. The normalized spacial score (nSPS) is 12.6. The maximum Gasteiger partial charge on any atom is 0.127 e. The Morgan fingerprint density at radius 1 is 0.833 bits per heavy atom. The molecular formula is C24H21Br2NO2S. The van der Waals surface area contributed by atoms with Crippen LogP contribution in [-0.2, 0) is 11.0 Å². The zero-order valence-electron chi connectivity index (χ0n) is 16.8. The van der Waals surface area contributed by atoms with Crippen LogP contribution in [0.15, 0.2) is 74.5 Å². The van der Waals surface area contributed by atoms with E-state index in [1.54, 1.807) is 7.11 Å². The van der Waals surface area contributed by atoms with Gasteiger partial charge in [-0.3, -0.25) is 0 Å². The monoisotopic (exact) mass is 545 g/mol. The summed E-state index contributed by atoms with van der Waals surface area (Å²) < 4.78 is 24.2. The average Bonchev–Trinajstić information content (AvgIpc) is 2.71. The Hall–Kier alpha value is -1.73. The second-order valence-corrected chi connectivity index (χ2v) is 10.4. The number of rotatable bonds is 5. The molecule has 0 saturated heterocycles. The van der Waals surface area contributed by atoms with Crippen LogP contribution in [0.4, 0.5) is 0 Å². The van der Waals surface area contributed by atoms with Crippen LogP contribution in [0.5, 0.6) is 5.75 Å². The molecule has 0 amide bonds. The predicted molar refractivity (Wildman–Crippen MR) is 134 cm³/mol. The van der Waals surface area contributed by atoms with Crippen molar-refractivity contribution in [2.75, 3.05) is 7.11 Å². The largest absolute Gasteiger partial charge is 0.496 e. The molecule has 4 rings (SSSR count). The minimum absolute atomic E-state index is 0.0877. The van der Waals surface area contributed by atoms with Crippen molar-refractivity contribution in [1.29, 1.82) is 0 Å². The zero-order chi connectivity index (χ0) is 21.4. The molecule has 0 heterocycles. The minimum Gasteiger partial charge on any atom is -0.496 e. The van der Waals surface area contributed by atoms with Crippen LogP contribution >= 0.6 is 31.9 Å². The maximum atomic E-state index is 13.3. The molecule has 0 fully saturated rings. The van der Waals surface area contributed by atoms with Crippen molar-refractivity contribution in [2.24, 2.45) is 0 Å². The minimum atomic E-state index is -1.37. The maximum absolute atomic E-state index is 13.3. The Balaban J connectivity index is 2.15. The van der Waals surface area contributed by atoms with E-state index in [4.69, 9.17) is 4.74 Å². The van der Waals surface area contributed by atoms with Crippen LogP contribution in [0.1, 0.15) is 13.8 Å². The van der Waals surface area contributed by atoms with Crippen LogP contribution in [0.2, 0.25) is 0 Å². The molecule has 154 valence electrons. The molecule has 1 atom stereocenters. The van der Waals surface area contributed by atoms with E-state index in [-0.39, 0.29) is 6.04 Å². The van der Waals surface area contributed by atoms with E-state index in [1.165, 1.54) is 0 Å². The van der Waals surface area contributed by atoms with Gasteiger partial charge in [-0.05, 0) is 71.8 Å². The van der Waals surface area contributed by atoms with Crippen LogP contribution in [0, 0.1) is 0 Å². The number of ether oxygens (including phenoxy) is 1. The number of benzene rings is 4. The Morgan fingerprint density at radius 3 is 1.97 bits per heavy atom. The topological polar surface area (TPSA) is 38.3 Å². The summed E-state index contributed by atoms with van der Waals surface area (Å²) in [5.74, 6) is 0.753. The molecule has 4 aromatic carbocycles. The van der Waals surface area contributed by atoms with Gasteiger partial charge < -0.3 is 4.74 Å². The second-order valence-electron chi connectivity index (χ2n) is 7.35. The molecule has 0 radical (unpaired) electrons. The van der Waals surface area contributed by atoms with Crippen molar-refractivity contribution in [3.05, 3.63) is 69.6 Å². The average molecular weight is 547 g/mol. The van der Waals surface area contributed by atoms with Crippen LogP contribution in [0.25, 0.3) is 32.7 Å². The highest BCUT2D eigenvalue weighted by atomic mass is 79.9.